The second-order valence-corrected chi connectivity index (χ2v) is 19.0. The van der Waals surface area contributed by atoms with Gasteiger partial charge in [0.15, 0.2) is 21.2 Å². The van der Waals surface area contributed by atoms with E-state index in [4.69, 9.17) is 26.8 Å². The molecule has 0 atom stereocenters. The molecular formula is C52H47F3N4O4S. The topological polar surface area (TPSA) is 93.1 Å². The Morgan fingerprint density at radius 1 is 0.672 bits per heavy atom. The molecule has 0 N–H and O–H groups in total. The van der Waals surface area contributed by atoms with E-state index in [1.807, 2.05) is 72.8 Å². The second kappa shape index (κ2) is 16.4. The minimum Gasteiger partial charge on any atom is -0.741 e. The number of aryl methyl sites for hydroxylation is 1. The van der Waals surface area contributed by atoms with Gasteiger partial charge in [0.2, 0.25) is 0 Å². The monoisotopic (exact) mass is 883 g/mol. The minimum atomic E-state index is -6.09. The van der Waals surface area contributed by atoms with E-state index in [1.165, 1.54) is 17.3 Å². The largest absolute Gasteiger partial charge is 0.741 e. The van der Waals surface area contributed by atoms with Gasteiger partial charge in [-0.3, -0.25) is 4.57 Å². The first kappa shape index (κ1) is 40.0. The van der Waals surface area contributed by atoms with Crippen LogP contribution >= 0.6 is 0 Å². The first-order valence-corrected chi connectivity index (χ1v) is 21.9. The molecule has 0 saturated carbocycles. The highest BCUT2D eigenvalue weighted by atomic mass is 32.2. The van der Waals surface area contributed by atoms with E-state index in [1.54, 1.807) is 0 Å². The smallest absolute Gasteiger partial charge is 0.485 e. The molecule has 9 rings (SSSR count). The lowest BCUT2D eigenvalue weighted by molar-refractivity contribution is -0.567. The van der Waals surface area contributed by atoms with Gasteiger partial charge in [-0.2, -0.15) is 22.3 Å². The Balaban J connectivity index is 0.000000698. The number of benzene rings is 6. The summed E-state index contributed by atoms with van der Waals surface area (Å²) in [6.07, 6.45) is 3.67. The maximum atomic E-state index is 10.7. The van der Waals surface area contributed by atoms with Gasteiger partial charge in [-0.05, 0) is 106 Å². The molecule has 3 aromatic heterocycles. The molecule has 0 unspecified atom stereocenters. The third-order valence-electron chi connectivity index (χ3n) is 11.0. The summed E-state index contributed by atoms with van der Waals surface area (Å²) in [5.74, 6) is 1.99. The van der Waals surface area contributed by atoms with Crippen LogP contribution in [0.25, 0.3) is 61.2 Å². The van der Waals surface area contributed by atoms with Crippen LogP contribution in [0.4, 0.5) is 13.2 Å². The maximum Gasteiger partial charge on any atom is 0.485 e. The van der Waals surface area contributed by atoms with E-state index < -0.39 is 22.5 Å². The van der Waals surface area contributed by atoms with Gasteiger partial charge >= 0.3 is 5.51 Å². The van der Waals surface area contributed by atoms with Gasteiger partial charge in [-0.25, -0.2) is 13.4 Å². The van der Waals surface area contributed by atoms with Crippen molar-refractivity contribution >= 4 is 43.0 Å². The summed E-state index contributed by atoms with van der Waals surface area (Å²) < 4.78 is 97.0. The number of alkyl halides is 3. The molecule has 12 heteroatoms. The summed E-state index contributed by atoms with van der Waals surface area (Å²) in [7, 11) is -6.09. The number of nitrogens with zero attached hydrogens (tertiary/aromatic N) is 4. The van der Waals surface area contributed by atoms with Gasteiger partial charge in [0, 0.05) is 33.2 Å². The number of pyridine rings is 1. The minimum absolute atomic E-state index is 0.0100. The number of imidazole rings is 1. The summed E-state index contributed by atoms with van der Waals surface area (Å²) in [5.41, 5.74) is 4.76. The molecule has 9 aromatic rings. The number of rotatable bonds is 6. The van der Waals surface area contributed by atoms with Crippen molar-refractivity contribution in [3.63, 3.8) is 0 Å². The SMILES string of the molecule is O=S(=O)([O-])C(F)(F)F.[2H]C([2H])([2H])c1cnc(-n2c3ccccc3c3ccc(Oc4cccc(-n5c[n+](-c6cc(C(C)(C)C)cc(C(C)(C)C)c6)c6ccccc65)c4)cc32)cc1-c1ccccc1. The van der Waals surface area contributed by atoms with Crippen molar-refractivity contribution in [3.8, 4) is 39.8 Å². The summed E-state index contributed by atoms with van der Waals surface area (Å²) in [5, 5.41) is 2.10. The highest BCUT2D eigenvalue weighted by Crippen LogP contribution is 2.37. The van der Waals surface area contributed by atoms with E-state index in [2.05, 4.69) is 134 Å². The van der Waals surface area contributed by atoms with Gasteiger partial charge in [-0.15, -0.1) is 0 Å². The van der Waals surface area contributed by atoms with Crippen molar-refractivity contribution in [3.05, 3.63) is 175 Å². The van der Waals surface area contributed by atoms with E-state index in [-0.39, 0.29) is 16.4 Å². The number of hydrogen-bond acceptors (Lipinski definition) is 5. The van der Waals surface area contributed by atoms with Gasteiger partial charge < -0.3 is 9.29 Å². The molecular weight excluding hydrogens is 834 g/mol. The lowest BCUT2D eigenvalue weighted by Crippen LogP contribution is -2.31. The van der Waals surface area contributed by atoms with Crippen LogP contribution in [0.2, 0.25) is 0 Å². The Morgan fingerprint density at radius 2 is 1.28 bits per heavy atom. The van der Waals surface area contributed by atoms with Crippen LogP contribution < -0.4 is 9.30 Å². The van der Waals surface area contributed by atoms with Crippen LogP contribution in [-0.4, -0.2) is 32.6 Å². The van der Waals surface area contributed by atoms with E-state index >= 15 is 0 Å². The Morgan fingerprint density at radius 3 is 1.94 bits per heavy atom. The fraction of sp³-hybridized carbons (Fsp3) is 0.192. The van der Waals surface area contributed by atoms with Crippen molar-refractivity contribution in [2.24, 2.45) is 0 Å². The number of halogens is 3. The quantitative estimate of drug-likeness (QED) is 0.0942. The molecule has 0 aliphatic carbocycles. The third kappa shape index (κ3) is 8.76. The second-order valence-electron chi connectivity index (χ2n) is 17.6. The fourth-order valence-electron chi connectivity index (χ4n) is 7.66. The van der Waals surface area contributed by atoms with Crippen molar-refractivity contribution in [1.29, 1.82) is 0 Å². The summed E-state index contributed by atoms with van der Waals surface area (Å²) in [6, 6.07) is 49.5. The Kier molecular flexibility index (Phi) is 10.3. The number of fused-ring (bicyclic) bond motifs is 4. The summed E-state index contributed by atoms with van der Waals surface area (Å²) in [6.45, 7) is 11.3. The molecule has 0 spiro atoms. The van der Waals surface area contributed by atoms with Crippen LogP contribution in [0.5, 0.6) is 11.5 Å². The van der Waals surface area contributed by atoms with Crippen LogP contribution in [0.15, 0.2) is 158 Å². The molecule has 0 saturated heterocycles. The van der Waals surface area contributed by atoms with E-state index in [0.29, 0.717) is 22.9 Å². The number of ether oxygens (including phenoxy) is 1. The van der Waals surface area contributed by atoms with Gasteiger partial charge in [0.05, 0.1) is 11.0 Å². The van der Waals surface area contributed by atoms with Crippen molar-refractivity contribution < 1.29 is 39.6 Å². The molecule has 8 nitrogen and oxygen atoms in total. The standard InChI is InChI=1S/C51H47N4O.CHF3O3S/c1-34-32-52-49(31-44(34)35-16-9-8-10-17-35)55-45-21-12-11-20-42(45)43-25-24-41(30-48(43)55)56-40-19-15-18-38(29-40)53-33-54(47-23-14-13-22-46(47)53)39-27-36(50(2,3)4)26-37(28-39)51(5,6)7;2-1(3,4)8(5,6)7/h8-33H,1-7H3;(H,5,6,7)/q+1;/p-1/i1D3;. The zero-order valence-electron chi connectivity index (χ0n) is 39.0. The molecule has 0 fully saturated rings. The Labute approximate surface area is 374 Å². The molecule has 0 amide bonds. The molecule has 64 heavy (non-hydrogen) atoms. The number of para-hydroxylation sites is 3. The maximum absolute atomic E-state index is 10.7. The van der Waals surface area contributed by atoms with Crippen LogP contribution in [0.1, 0.15) is 62.3 Å². The lowest BCUT2D eigenvalue weighted by Gasteiger charge is -2.25. The van der Waals surface area contributed by atoms with Crippen molar-refractivity contribution in [2.45, 2.75) is 64.7 Å². The Bertz CT molecular complexity index is 3390. The van der Waals surface area contributed by atoms with E-state index in [9.17, 15) is 13.2 Å². The van der Waals surface area contributed by atoms with Gasteiger partial charge in [-0.1, -0.05) is 114 Å². The van der Waals surface area contributed by atoms with Crippen LogP contribution in [0, 0.1) is 6.85 Å². The molecule has 0 aliphatic rings. The normalized spacial score (nSPS) is 13.3. The molecule has 6 aromatic carbocycles. The highest BCUT2D eigenvalue weighted by molar-refractivity contribution is 7.86. The van der Waals surface area contributed by atoms with E-state index in [0.717, 1.165) is 49.8 Å². The predicted molar refractivity (Wildman–Crippen MR) is 247 cm³/mol. The number of hydrogen-bond donors (Lipinski definition) is 0. The molecule has 0 radical (unpaired) electrons. The average molecular weight is 884 g/mol. The molecule has 326 valence electrons. The molecule has 3 heterocycles. The average Bonchev–Trinajstić information content (AvgIpc) is 3.81. The Hall–Kier alpha value is -6.76. The lowest BCUT2D eigenvalue weighted by atomic mass is 9.80. The first-order chi connectivity index (χ1) is 31.4. The molecule has 0 aliphatic heterocycles. The first-order valence-electron chi connectivity index (χ1n) is 22.0. The number of aromatic nitrogens is 4. The zero-order chi connectivity index (χ0) is 48.3. The predicted octanol–water partition coefficient (Wildman–Crippen LogP) is 12.8. The van der Waals surface area contributed by atoms with Crippen LogP contribution in [-0.2, 0) is 20.9 Å². The van der Waals surface area contributed by atoms with Gasteiger partial charge in [0.1, 0.15) is 28.7 Å². The van der Waals surface area contributed by atoms with Crippen molar-refractivity contribution in [2.75, 3.05) is 0 Å². The third-order valence-corrected chi connectivity index (χ3v) is 11.6. The zero-order valence-corrected chi connectivity index (χ0v) is 36.8. The van der Waals surface area contributed by atoms with Crippen molar-refractivity contribution in [1.82, 2.24) is 14.1 Å². The van der Waals surface area contributed by atoms with Gasteiger partial charge in [0.25, 0.3) is 6.33 Å². The summed E-state index contributed by atoms with van der Waals surface area (Å²) in [4.78, 5) is 4.77. The molecule has 0 bridgehead atoms. The van der Waals surface area contributed by atoms with Crippen LogP contribution in [0.3, 0.4) is 0 Å². The fourth-order valence-corrected chi connectivity index (χ4v) is 7.66. The summed E-state index contributed by atoms with van der Waals surface area (Å²) >= 11 is 0. The highest BCUT2D eigenvalue weighted by Gasteiger charge is 2.37.